The first kappa shape index (κ1) is 24.8. The molecule has 3 N–H and O–H groups in total. The molecule has 0 spiro atoms. The molecule has 3 aromatic carbocycles. The second-order valence-corrected chi connectivity index (χ2v) is 7.55. The third-order valence-corrected chi connectivity index (χ3v) is 4.91. The van der Waals surface area contributed by atoms with Crippen molar-refractivity contribution in [2.24, 2.45) is 0 Å². The van der Waals surface area contributed by atoms with Gasteiger partial charge in [-0.05, 0) is 61.0 Å². The number of aliphatic hydroxyl groups is 1. The first-order valence-corrected chi connectivity index (χ1v) is 10.4. The molecule has 0 aromatic heterocycles. The van der Waals surface area contributed by atoms with Gasteiger partial charge in [0.05, 0.1) is 5.56 Å². The van der Waals surface area contributed by atoms with E-state index >= 15 is 0 Å². The molecule has 0 aliphatic heterocycles. The Morgan fingerprint density at radius 2 is 1.62 bits per heavy atom. The second-order valence-electron chi connectivity index (χ2n) is 7.55. The summed E-state index contributed by atoms with van der Waals surface area (Å²) < 4.78 is 43.1. The fourth-order valence-electron chi connectivity index (χ4n) is 2.99. The lowest BCUT2D eigenvalue weighted by Crippen LogP contribution is -2.35. The highest BCUT2D eigenvalue weighted by molar-refractivity contribution is 6.05. The Labute approximate surface area is 194 Å². The van der Waals surface area contributed by atoms with E-state index in [1.165, 1.54) is 6.07 Å². The SMILES string of the molecule is Cc1ccc(C(=O)NCC(O)COc2ccc(C(F)(F)F)cc2)cc1NC(=O)c1ccccc1. The van der Waals surface area contributed by atoms with Gasteiger partial charge in [0.2, 0.25) is 0 Å². The molecular weight excluding hydrogens is 449 g/mol. The number of aryl methyl sites for hydroxylation is 1. The highest BCUT2D eigenvalue weighted by Crippen LogP contribution is 2.30. The molecule has 0 saturated carbocycles. The maximum Gasteiger partial charge on any atom is 0.416 e. The van der Waals surface area contributed by atoms with E-state index in [1.54, 1.807) is 49.4 Å². The summed E-state index contributed by atoms with van der Waals surface area (Å²) in [7, 11) is 0. The molecule has 1 atom stereocenters. The minimum Gasteiger partial charge on any atom is -0.491 e. The zero-order valence-electron chi connectivity index (χ0n) is 18.2. The van der Waals surface area contributed by atoms with E-state index in [9.17, 15) is 27.9 Å². The van der Waals surface area contributed by atoms with Crippen LogP contribution in [0.4, 0.5) is 18.9 Å². The zero-order valence-corrected chi connectivity index (χ0v) is 18.2. The van der Waals surface area contributed by atoms with E-state index < -0.39 is 23.8 Å². The first-order valence-electron chi connectivity index (χ1n) is 10.4. The molecule has 0 aliphatic carbocycles. The smallest absolute Gasteiger partial charge is 0.416 e. The first-order chi connectivity index (χ1) is 16.1. The number of anilines is 1. The molecule has 34 heavy (non-hydrogen) atoms. The van der Waals surface area contributed by atoms with Crippen LogP contribution in [0.25, 0.3) is 0 Å². The van der Waals surface area contributed by atoms with E-state index in [1.807, 2.05) is 0 Å². The average molecular weight is 472 g/mol. The molecular formula is C25H23F3N2O4. The van der Waals surface area contributed by atoms with Crippen LogP contribution in [0.2, 0.25) is 0 Å². The maximum atomic E-state index is 12.6. The predicted octanol–water partition coefficient (Wildman–Crippen LogP) is 4.44. The molecule has 0 aliphatic rings. The molecule has 0 fully saturated rings. The van der Waals surface area contributed by atoms with Crippen molar-refractivity contribution in [2.75, 3.05) is 18.5 Å². The maximum absolute atomic E-state index is 12.6. The lowest BCUT2D eigenvalue weighted by molar-refractivity contribution is -0.137. The average Bonchev–Trinajstić information content (AvgIpc) is 2.82. The Kier molecular flexibility index (Phi) is 7.91. The highest BCUT2D eigenvalue weighted by Gasteiger charge is 2.30. The van der Waals surface area contributed by atoms with Gasteiger partial charge in [0.15, 0.2) is 0 Å². The number of nitrogens with one attached hydrogen (secondary N) is 2. The lowest BCUT2D eigenvalue weighted by Gasteiger charge is -2.15. The van der Waals surface area contributed by atoms with Crippen LogP contribution >= 0.6 is 0 Å². The molecule has 1 unspecified atom stereocenters. The summed E-state index contributed by atoms with van der Waals surface area (Å²) in [5.74, 6) is -0.614. The number of halogens is 3. The van der Waals surface area contributed by atoms with Gasteiger partial charge in [-0.1, -0.05) is 24.3 Å². The number of amides is 2. The van der Waals surface area contributed by atoms with Gasteiger partial charge in [-0.3, -0.25) is 9.59 Å². The van der Waals surface area contributed by atoms with Gasteiger partial charge in [-0.25, -0.2) is 0 Å². The molecule has 0 bridgehead atoms. The number of benzene rings is 3. The topological polar surface area (TPSA) is 87.7 Å². The number of hydrogen-bond donors (Lipinski definition) is 3. The Balaban J connectivity index is 1.52. The van der Waals surface area contributed by atoms with Crippen molar-refractivity contribution in [1.82, 2.24) is 5.32 Å². The van der Waals surface area contributed by atoms with Gasteiger partial charge < -0.3 is 20.5 Å². The summed E-state index contributed by atoms with van der Waals surface area (Å²) in [4.78, 5) is 24.9. The number of rotatable bonds is 8. The van der Waals surface area contributed by atoms with Crippen molar-refractivity contribution in [3.05, 3.63) is 95.1 Å². The van der Waals surface area contributed by atoms with Crippen molar-refractivity contribution >= 4 is 17.5 Å². The second kappa shape index (κ2) is 10.8. The van der Waals surface area contributed by atoms with Crippen molar-refractivity contribution in [3.8, 4) is 5.75 Å². The minimum atomic E-state index is -4.44. The third-order valence-electron chi connectivity index (χ3n) is 4.91. The summed E-state index contributed by atoms with van der Waals surface area (Å²) in [6.45, 7) is 1.43. The summed E-state index contributed by atoms with van der Waals surface area (Å²) in [5.41, 5.74) is 1.21. The lowest BCUT2D eigenvalue weighted by atomic mass is 10.1. The van der Waals surface area contributed by atoms with Gasteiger partial charge in [-0.2, -0.15) is 13.2 Å². The molecule has 0 saturated heterocycles. The number of ether oxygens (including phenoxy) is 1. The molecule has 3 aromatic rings. The number of carbonyl (C=O) groups is 2. The van der Waals surface area contributed by atoms with E-state index in [2.05, 4.69) is 10.6 Å². The van der Waals surface area contributed by atoms with Crippen molar-refractivity contribution in [1.29, 1.82) is 0 Å². The monoisotopic (exact) mass is 472 g/mol. The summed E-state index contributed by atoms with van der Waals surface area (Å²) in [6.07, 6.45) is -5.53. The van der Waals surface area contributed by atoms with Crippen LogP contribution in [0.1, 0.15) is 31.8 Å². The number of aliphatic hydroxyl groups excluding tert-OH is 1. The fourth-order valence-corrected chi connectivity index (χ4v) is 2.99. The molecule has 9 heteroatoms. The van der Waals surface area contributed by atoms with Crippen molar-refractivity contribution in [3.63, 3.8) is 0 Å². The number of carbonyl (C=O) groups excluding carboxylic acids is 2. The van der Waals surface area contributed by atoms with Crippen molar-refractivity contribution in [2.45, 2.75) is 19.2 Å². The normalized spacial score (nSPS) is 12.0. The summed E-state index contributed by atoms with van der Waals surface area (Å²) in [5, 5.41) is 15.4. The zero-order chi connectivity index (χ0) is 24.7. The predicted molar refractivity (Wildman–Crippen MR) is 121 cm³/mol. The Morgan fingerprint density at radius 3 is 2.26 bits per heavy atom. The van der Waals surface area contributed by atoms with Gasteiger partial charge in [0.25, 0.3) is 11.8 Å². The molecule has 0 heterocycles. The van der Waals surface area contributed by atoms with Gasteiger partial charge in [-0.15, -0.1) is 0 Å². The van der Waals surface area contributed by atoms with Crippen LogP contribution in [0.15, 0.2) is 72.8 Å². The summed E-state index contributed by atoms with van der Waals surface area (Å²) >= 11 is 0. The van der Waals surface area contributed by atoms with Crippen LogP contribution in [0.5, 0.6) is 5.75 Å². The van der Waals surface area contributed by atoms with E-state index in [-0.39, 0.29) is 30.4 Å². The standard InChI is InChI=1S/C25H23F3N2O4/c1-16-7-8-18(13-22(16)30-24(33)17-5-3-2-4-6-17)23(32)29-14-20(31)15-34-21-11-9-19(10-12-21)25(26,27)28/h2-13,20,31H,14-15H2,1H3,(H,29,32)(H,30,33). The van der Waals surface area contributed by atoms with E-state index in [4.69, 9.17) is 4.74 Å². The van der Waals surface area contributed by atoms with Crippen LogP contribution in [-0.4, -0.2) is 36.2 Å². The van der Waals surface area contributed by atoms with Gasteiger partial charge >= 0.3 is 6.18 Å². The third kappa shape index (κ3) is 6.82. The van der Waals surface area contributed by atoms with Crippen molar-refractivity contribution < 1.29 is 32.6 Å². The Bertz CT molecular complexity index is 1130. The molecule has 2 amide bonds. The van der Waals surface area contributed by atoms with E-state index in [0.29, 0.717) is 11.3 Å². The van der Waals surface area contributed by atoms with Crippen LogP contribution in [-0.2, 0) is 6.18 Å². The van der Waals surface area contributed by atoms with Gasteiger partial charge in [0, 0.05) is 23.4 Å². The highest BCUT2D eigenvalue weighted by atomic mass is 19.4. The quantitative estimate of drug-likeness (QED) is 0.453. The largest absolute Gasteiger partial charge is 0.491 e. The molecule has 3 rings (SSSR count). The Hall–Kier alpha value is -3.85. The van der Waals surface area contributed by atoms with E-state index in [0.717, 1.165) is 29.8 Å². The fraction of sp³-hybridized carbons (Fsp3) is 0.200. The molecule has 6 nitrogen and oxygen atoms in total. The summed E-state index contributed by atoms with van der Waals surface area (Å²) in [6, 6.07) is 17.6. The Morgan fingerprint density at radius 1 is 0.941 bits per heavy atom. The number of hydrogen-bond acceptors (Lipinski definition) is 4. The number of alkyl halides is 3. The van der Waals surface area contributed by atoms with Gasteiger partial charge in [0.1, 0.15) is 18.5 Å². The van der Waals surface area contributed by atoms with Crippen LogP contribution in [0, 0.1) is 6.92 Å². The van der Waals surface area contributed by atoms with Crippen LogP contribution < -0.4 is 15.4 Å². The molecule has 178 valence electrons. The molecule has 0 radical (unpaired) electrons. The van der Waals surface area contributed by atoms with Crippen LogP contribution in [0.3, 0.4) is 0 Å². The minimum absolute atomic E-state index is 0.140.